The smallest absolute Gasteiger partial charge is 0.335 e. The van der Waals surface area contributed by atoms with Crippen molar-refractivity contribution in [1.29, 1.82) is 0 Å². The lowest BCUT2D eigenvalue weighted by molar-refractivity contribution is 0.0696. The molecular formula is C14H19NO5S. The molecule has 1 unspecified atom stereocenters. The highest BCUT2D eigenvalue weighted by Gasteiger charge is 2.22. The van der Waals surface area contributed by atoms with Crippen LogP contribution in [0.5, 0.6) is 0 Å². The van der Waals surface area contributed by atoms with Crippen molar-refractivity contribution in [2.45, 2.75) is 19.9 Å². The summed E-state index contributed by atoms with van der Waals surface area (Å²) in [7, 11) is -1.70. The zero-order valence-electron chi connectivity index (χ0n) is 12.5. The van der Waals surface area contributed by atoms with Crippen molar-refractivity contribution in [3.05, 3.63) is 34.9 Å². The van der Waals surface area contributed by atoms with E-state index in [1.54, 1.807) is 19.9 Å². The molecule has 116 valence electrons. The van der Waals surface area contributed by atoms with Crippen molar-refractivity contribution in [2.24, 2.45) is 0 Å². The molecule has 0 bridgehead atoms. The average molecular weight is 313 g/mol. The van der Waals surface area contributed by atoms with Crippen LogP contribution in [0.3, 0.4) is 0 Å². The van der Waals surface area contributed by atoms with Crippen molar-refractivity contribution < 1.29 is 23.1 Å². The average Bonchev–Trinajstić information content (AvgIpc) is 2.34. The molecule has 0 radical (unpaired) electrons. The van der Waals surface area contributed by atoms with Crippen molar-refractivity contribution in [2.75, 3.05) is 19.1 Å². The van der Waals surface area contributed by atoms with Crippen molar-refractivity contribution in [1.82, 2.24) is 4.90 Å². The first-order valence-corrected chi connectivity index (χ1v) is 8.37. The topological polar surface area (TPSA) is 91.8 Å². The number of hydrogen-bond acceptors (Lipinski definition) is 4. The first-order chi connectivity index (χ1) is 9.51. The van der Waals surface area contributed by atoms with Crippen LogP contribution in [-0.2, 0) is 9.84 Å². The van der Waals surface area contributed by atoms with Gasteiger partial charge in [0.05, 0.1) is 11.3 Å². The molecule has 0 spiro atoms. The Morgan fingerprint density at radius 1 is 1.24 bits per heavy atom. The van der Waals surface area contributed by atoms with Crippen LogP contribution in [0.25, 0.3) is 0 Å². The summed E-state index contributed by atoms with van der Waals surface area (Å²) < 4.78 is 22.6. The predicted molar refractivity (Wildman–Crippen MR) is 79.4 cm³/mol. The standard InChI is InChI=1S/C14H19NO5S/c1-9-5-11(7-12(6-9)14(17)18)13(16)15(3)10(2)8-21(4,19)20/h5-7,10H,8H2,1-4H3,(H,17,18). The molecule has 0 saturated heterocycles. The third kappa shape index (κ3) is 4.86. The molecule has 1 atom stereocenters. The van der Waals surface area contributed by atoms with Crippen molar-refractivity contribution in [3.8, 4) is 0 Å². The molecule has 1 N–H and O–H groups in total. The molecule has 0 fully saturated rings. The van der Waals surface area contributed by atoms with E-state index in [1.807, 2.05) is 0 Å². The molecule has 6 nitrogen and oxygen atoms in total. The number of benzene rings is 1. The quantitative estimate of drug-likeness (QED) is 0.882. The van der Waals surface area contributed by atoms with Crippen molar-refractivity contribution >= 4 is 21.7 Å². The van der Waals surface area contributed by atoms with Gasteiger partial charge >= 0.3 is 5.97 Å². The number of hydrogen-bond donors (Lipinski definition) is 1. The minimum absolute atomic E-state index is 0.0301. The molecule has 1 aromatic rings. The molecule has 0 aliphatic rings. The molecule has 0 heterocycles. The molecule has 0 saturated carbocycles. The molecule has 0 aliphatic heterocycles. The van der Waals surface area contributed by atoms with Crippen LogP contribution >= 0.6 is 0 Å². The van der Waals surface area contributed by atoms with Crippen LogP contribution in [0, 0.1) is 6.92 Å². The first kappa shape index (κ1) is 17.2. The Bertz CT molecular complexity index is 666. The fourth-order valence-corrected chi connectivity index (χ4v) is 3.08. The maximum atomic E-state index is 12.3. The second-order valence-corrected chi connectivity index (χ2v) is 7.44. The van der Waals surface area contributed by atoms with Gasteiger partial charge in [0.25, 0.3) is 5.91 Å². The van der Waals surface area contributed by atoms with Gasteiger partial charge in [-0.15, -0.1) is 0 Å². The highest BCUT2D eigenvalue weighted by atomic mass is 32.2. The van der Waals surface area contributed by atoms with Crippen LogP contribution in [0.15, 0.2) is 18.2 Å². The van der Waals surface area contributed by atoms with Gasteiger partial charge in [-0.25, -0.2) is 13.2 Å². The number of amides is 1. The summed E-state index contributed by atoms with van der Waals surface area (Å²) in [6, 6.07) is 3.85. The SMILES string of the molecule is Cc1cc(C(=O)O)cc(C(=O)N(C)C(C)CS(C)(=O)=O)c1. The zero-order chi connectivity index (χ0) is 16.4. The third-order valence-electron chi connectivity index (χ3n) is 3.10. The van der Waals surface area contributed by atoms with E-state index >= 15 is 0 Å². The molecule has 1 rings (SSSR count). The summed E-state index contributed by atoms with van der Waals surface area (Å²) in [5, 5.41) is 9.01. The van der Waals surface area contributed by atoms with E-state index in [9.17, 15) is 18.0 Å². The number of rotatable bonds is 5. The lowest BCUT2D eigenvalue weighted by Crippen LogP contribution is -2.39. The van der Waals surface area contributed by atoms with Crippen LogP contribution in [0.2, 0.25) is 0 Å². The molecule has 21 heavy (non-hydrogen) atoms. The molecule has 7 heteroatoms. The summed E-state index contributed by atoms with van der Waals surface area (Å²) in [4.78, 5) is 24.7. The van der Waals surface area contributed by atoms with Crippen LogP contribution in [0.4, 0.5) is 0 Å². The van der Waals surface area contributed by atoms with Gasteiger partial charge in [-0.1, -0.05) is 0 Å². The predicted octanol–water partition coefficient (Wildman–Crippen LogP) is 1.20. The normalized spacial score (nSPS) is 12.8. The monoisotopic (exact) mass is 313 g/mol. The van der Waals surface area contributed by atoms with Gasteiger partial charge in [0, 0.05) is 24.9 Å². The number of nitrogens with zero attached hydrogens (tertiary/aromatic N) is 1. The van der Waals surface area contributed by atoms with Gasteiger partial charge in [0.2, 0.25) is 0 Å². The summed E-state index contributed by atoms with van der Waals surface area (Å²) in [6.07, 6.45) is 1.11. The number of carboxylic acids is 1. The maximum Gasteiger partial charge on any atom is 0.335 e. The minimum atomic E-state index is -3.20. The van der Waals surface area contributed by atoms with E-state index in [0.717, 1.165) is 6.26 Å². The van der Waals surface area contributed by atoms with Crippen LogP contribution < -0.4 is 0 Å². The van der Waals surface area contributed by atoms with E-state index < -0.39 is 27.8 Å². The van der Waals surface area contributed by atoms with Crippen molar-refractivity contribution in [3.63, 3.8) is 0 Å². The van der Waals surface area contributed by atoms with Gasteiger partial charge in [-0.3, -0.25) is 4.79 Å². The number of carbonyl (C=O) groups excluding carboxylic acids is 1. The Hall–Kier alpha value is -1.89. The van der Waals surface area contributed by atoms with E-state index in [1.165, 1.54) is 24.1 Å². The zero-order valence-corrected chi connectivity index (χ0v) is 13.3. The number of carboxylic acid groups (broad SMARTS) is 1. The van der Waals surface area contributed by atoms with Crippen LogP contribution in [-0.4, -0.2) is 55.4 Å². The molecule has 1 aromatic carbocycles. The van der Waals surface area contributed by atoms with E-state index in [0.29, 0.717) is 5.56 Å². The fourth-order valence-electron chi connectivity index (χ4n) is 1.98. The largest absolute Gasteiger partial charge is 0.478 e. The van der Waals surface area contributed by atoms with E-state index in [4.69, 9.17) is 5.11 Å². The lowest BCUT2D eigenvalue weighted by Gasteiger charge is -2.24. The number of carbonyl (C=O) groups is 2. The van der Waals surface area contributed by atoms with Gasteiger partial charge in [0.1, 0.15) is 9.84 Å². The number of sulfone groups is 1. The maximum absolute atomic E-state index is 12.3. The summed E-state index contributed by atoms with van der Waals surface area (Å²) >= 11 is 0. The second kappa shape index (κ2) is 6.26. The Balaban J connectivity index is 3.05. The van der Waals surface area contributed by atoms with Gasteiger partial charge in [-0.2, -0.15) is 0 Å². The molecule has 1 amide bonds. The Morgan fingerprint density at radius 2 is 1.76 bits per heavy atom. The van der Waals surface area contributed by atoms with Crippen LogP contribution in [0.1, 0.15) is 33.2 Å². The van der Waals surface area contributed by atoms with Gasteiger partial charge in [0.15, 0.2) is 0 Å². The summed E-state index contributed by atoms with van der Waals surface area (Å²) in [5.74, 6) is -1.66. The van der Waals surface area contributed by atoms with E-state index in [2.05, 4.69) is 0 Å². The third-order valence-corrected chi connectivity index (χ3v) is 4.18. The Morgan fingerprint density at radius 3 is 2.24 bits per heavy atom. The Kier molecular flexibility index (Phi) is 5.11. The number of aromatic carboxylic acids is 1. The summed E-state index contributed by atoms with van der Waals surface area (Å²) in [5.41, 5.74) is 0.917. The van der Waals surface area contributed by atoms with E-state index in [-0.39, 0.29) is 16.9 Å². The lowest BCUT2D eigenvalue weighted by atomic mass is 10.1. The molecular weight excluding hydrogens is 294 g/mol. The molecule has 0 aliphatic carbocycles. The van der Waals surface area contributed by atoms with Gasteiger partial charge in [-0.05, 0) is 37.6 Å². The highest BCUT2D eigenvalue weighted by molar-refractivity contribution is 7.90. The Labute approximate surface area is 124 Å². The second-order valence-electron chi connectivity index (χ2n) is 5.25. The number of aryl methyl sites for hydroxylation is 1. The minimum Gasteiger partial charge on any atom is -0.478 e. The first-order valence-electron chi connectivity index (χ1n) is 6.31. The summed E-state index contributed by atoms with van der Waals surface area (Å²) in [6.45, 7) is 3.33. The fraction of sp³-hybridized carbons (Fsp3) is 0.429. The van der Waals surface area contributed by atoms with Gasteiger partial charge < -0.3 is 10.0 Å². The highest BCUT2D eigenvalue weighted by Crippen LogP contribution is 2.13. The molecule has 0 aromatic heterocycles.